The first kappa shape index (κ1) is 13.7. The summed E-state index contributed by atoms with van der Waals surface area (Å²) in [6, 6.07) is 10.3. The van der Waals surface area contributed by atoms with Crippen LogP contribution in [0.15, 0.2) is 30.3 Å². The van der Waals surface area contributed by atoms with Crippen LogP contribution in [0.5, 0.6) is 0 Å². The van der Waals surface area contributed by atoms with Crippen LogP contribution in [-0.2, 0) is 0 Å². The number of hydrogen-bond acceptors (Lipinski definition) is 2. The van der Waals surface area contributed by atoms with Gasteiger partial charge in [0.05, 0.1) is 6.54 Å². The molecule has 2 saturated heterocycles. The average molecular weight is 268 g/mol. The van der Waals surface area contributed by atoms with Crippen molar-refractivity contribution in [3.05, 3.63) is 35.9 Å². The van der Waals surface area contributed by atoms with E-state index >= 15 is 0 Å². The Morgan fingerprint density at radius 3 is 2.80 bits per heavy atom. The molecule has 1 aromatic rings. The van der Waals surface area contributed by atoms with E-state index in [1.54, 1.807) is 0 Å². The first-order valence-electron chi connectivity index (χ1n) is 7.83. The Bertz CT molecular complexity index is 472. The molecule has 2 heteroatoms. The van der Waals surface area contributed by atoms with Crippen molar-refractivity contribution in [2.24, 2.45) is 5.41 Å². The standard InChI is InChI=1S/C18H24N2/c1-2-7-17(8-3-1)9-4-13-20-14-6-11-18(16-20)10-5-12-19-15-18/h1-3,7-8,19H,5-6,10-16H2. The molecule has 2 aliphatic rings. The van der Waals surface area contributed by atoms with Crippen LogP contribution in [0, 0.1) is 17.3 Å². The minimum absolute atomic E-state index is 0.533. The fourth-order valence-corrected chi connectivity index (χ4v) is 3.60. The lowest BCUT2D eigenvalue weighted by Crippen LogP contribution is -2.51. The van der Waals surface area contributed by atoms with Gasteiger partial charge in [0.2, 0.25) is 0 Å². The molecule has 106 valence electrons. The van der Waals surface area contributed by atoms with Gasteiger partial charge < -0.3 is 5.32 Å². The predicted molar refractivity (Wildman–Crippen MR) is 83.5 cm³/mol. The minimum atomic E-state index is 0.533. The van der Waals surface area contributed by atoms with E-state index in [0.29, 0.717) is 5.41 Å². The largest absolute Gasteiger partial charge is 0.316 e. The monoisotopic (exact) mass is 268 g/mol. The molecule has 1 atom stereocenters. The zero-order chi connectivity index (χ0) is 13.7. The van der Waals surface area contributed by atoms with Crippen molar-refractivity contribution in [2.75, 3.05) is 32.7 Å². The maximum absolute atomic E-state index is 3.59. The van der Waals surface area contributed by atoms with Gasteiger partial charge in [-0.15, -0.1) is 0 Å². The van der Waals surface area contributed by atoms with E-state index in [4.69, 9.17) is 0 Å². The molecule has 1 spiro atoms. The van der Waals surface area contributed by atoms with E-state index in [1.807, 2.05) is 18.2 Å². The molecule has 0 amide bonds. The highest BCUT2D eigenvalue weighted by atomic mass is 15.1. The molecule has 20 heavy (non-hydrogen) atoms. The smallest absolute Gasteiger partial charge is 0.0605 e. The minimum Gasteiger partial charge on any atom is -0.316 e. The van der Waals surface area contributed by atoms with Gasteiger partial charge in [0, 0.05) is 18.7 Å². The third-order valence-corrected chi connectivity index (χ3v) is 4.61. The van der Waals surface area contributed by atoms with E-state index in [9.17, 15) is 0 Å². The van der Waals surface area contributed by atoms with Gasteiger partial charge in [-0.05, 0) is 56.3 Å². The predicted octanol–water partition coefficient (Wildman–Crippen LogP) is 2.50. The summed E-state index contributed by atoms with van der Waals surface area (Å²) in [6.45, 7) is 5.76. The summed E-state index contributed by atoms with van der Waals surface area (Å²) in [6.07, 6.45) is 5.45. The van der Waals surface area contributed by atoms with E-state index in [0.717, 1.165) is 12.1 Å². The molecular formula is C18H24N2. The van der Waals surface area contributed by atoms with Gasteiger partial charge in [-0.25, -0.2) is 0 Å². The van der Waals surface area contributed by atoms with Gasteiger partial charge in [-0.2, -0.15) is 0 Å². The Hall–Kier alpha value is -1.30. The molecule has 2 heterocycles. The van der Waals surface area contributed by atoms with E-state index in [-0.39, 0.29) is 0 Å². The summed E-state index contributed by atoms with van der Waals surface area (Å²) in [5, 5.41) is 3.59. The highest BCUT2D eigenvalue weighted by Crippen LogP contribution is 2.35. The fraction of sp³-hybridized carbons (Fsp3) is 0.556. The van der Waals surface area contributed by atoms with Gasteiger partial charge >= 0.3 is 0 Å². The van der Waals surface area contributed by atoms with E-state index < -0.39 is 0 Å². The molecule has 1 unspecified atom stereocenters. The lowest BCUT2D eigenvalue weighted by Gasteiger charge is -2.45. The summed E-state index contributed by atoms with van der Waals surface area (Å²) >= 11 is 0. The van der Waals surface area contributed by atoms with Crippen molar-refractivity contribution < 1.29 is 0 Å². The number of piperidine rings is 2. The van der Waals surface area contributed by atoms with Crippen LogP contribution in [0.4, 0.5) is 0 Å². The molecule has 0 bridgehead atoms. The molecule has 3 rings (SSSR count). The maximum Gasteiger partial charge on any atom is 0.0605 e. The summed E-state index contributed by atoms with van der Waals surface area (Å²) < 4.78 is 0. The molecular weight excluding hydrogens is 244 g/mol. The van der Waals surface area contributed by atoms with Crippen LogP contribution in [-0.4, -0.2) is 37.6 Å². The molecule has 2 aliphatic heterocycles. The number of likely N-dealkylation sites (tertiary alicyclic amines) is 1. The van der Waals surface area contributed by atoms with Crippen LogP contribution in [0.2, 0.25) is 0 Å². The highest BCUT2D eigenvalue weighted by Gasteiger charge is 2.35. The normalized spacial score (nSPS) is 27.0. The van der Waals surface area contributed by atoms with Crippen molar-refractivity contribution in [1.82, 2.24) is 10.2 Å². The summed E-state index contributed by atoms with van der Waals surface area (Å²) in [5.74, 6) is 6.62. The van der Waals surface area contributed by atoms with Gasteiger partial charge in [0.1, 0.15) is 0 Å². The number of rotatable bonds is 1. The SMILES string of the molecule is C(#Cc1ccccc1)CN1CCCC2(CCCNC2)C1. The highest BCUT2D eigenvalue weighted by molar-refractivity contribution is 5.33. The van der Waals surface area contributed by atoms with Crippen LogP contribution in [0.3, 0.4) is 0 Å². The van der Waals surface area contributed by atoms with Crippen LogP contribution in [0.1, 0.15) is 31.2 Å². The molecule has 0 radical (unpaired) electrons. The molecule has 0 saturated carbocycles. The Kier molecular flexibility index (Phi) is 4.40. The van der Waals surface area contributed by atoms with Crippen LogP contribution in [0.25, 0.3) is 0 Å². The van der Waals surface area contributed by atoms with Gasteiger partial charge in [-0.1, -0.05) is 30.0 Å². The lowest BCUT2D eigenvalue weighted by molar-refractivity contribution is 0.0732. The van der Waals surface area contributed by atoms with Crippen LogP contribution < -0.4 is 5.32 Å². The quantitative estimate of drug-likeness (QED) is 0.787. The first-order chi connectivity index (χ1) is 9.86. The fourth-order valence-electron chi connectivity index (χ4n) is 3.60. The van der Waals surface area contributed by atoms with Crippen molar-refractivity contribution in [3.8, 4) is 11.8 Å². The second-order valence-electron chi connectivity index (χ2n) is 6.26. The van der Waals surface area contributed by atoms with E-state index in [2.05, 4.69) is 34.2 Å². The van der Waals surface area contributed by atoms with Crippen molar-refractivity contribution in [3.63, 3.8) is 0 Å². The van der Waals surface area contributed by atoms with Crippen molar-refractivity contribution in [1.29, 1.82) is 0 Å². The molecule has 0 aromatic heterocycles. The summed E-state index contributed by atoms with van der Waals surface area (Å²) in [5.41, 5.74) is 1.66. The maximum atomic E-state index is 3.59. The third kappa shape index (κ3) is 3.42. The Morgan fingerprint density at radius 2 is 2.00 bits per heavy atom. The Labute approximate surface area is 122 Å². The topological polar surface area (TPSA) is 15.3 Å². The van der Waals surface area contributed by atoms with E-state index in [1.165, 1.54) is 51.9 Å². The Morgan fingerprint density at radius 1 is 1.15 bits per heavy atom. The van der Waals surface area contributed by atoms with Crippen molar-refractivity contribution in [2.45, 2.75) is 25.7 Å². The number of benzene rings is 1. The number of hydrogen-bond donors (Lipinski definition) is 1. The van der Waals surface area contributed by atoms with Gasteiger partial charge in [0.25, 0.3) is 0 Å². The van der Waals surface area contributed by atoms with Crippen molar-refractivity contribution >= 4 is 0 Å². The van der Waals surface area contributed by atoms with Gasteiger partial charge in [0.15, 0.2) is 0 Å². The van der Waals surface area contributed by atoms with Gasteiger partial charge in [-0.3, -0.25) is 4.90 Å². The third-order valence-electron chi connectivity index (χ3n) is 4.61. The Balaban J connectivity index is 1.57. The van der Waals surface area contributed by atoms with Crippen LogP contribution >= 0.6 is 0 Å². The first-order valence-corrected chi connectivity index (χ1v) is 7.83. The lowest BCUT2D eigenvalue weighted by atomic mass is 9.74. The molecule has 1 aromatic carbocycles. The zero-order valence-electron chi connectivity index (χ0n) is 12.2. The average Bonchev–Trinajstić information content (AvgIpc) is 2.49. The molecule has 1 N–H and O–H groups in total. The summed E-state index contributed by atoms with van der Waals surface area (Å²) in [7, 11) is 0. The molecule has 0 aliphatic carbocycles. The summed E-state index contributed by atoms with van der Waals surface area (Å²) in [4.78, 5) is 2.55. The number of nitrogens with one attached hydrogen (secondary N) is 1. The zero-order valence-corrected chi connectivity index (χ0v) is 12.2. The second kappa shape index (κ2) is 6.43. The number of nitrogens with zero attached hydrogens (tertiary/aromatic N) is 1. The second-order valence-corrected chi connectivity index (χ2v) is 6.26. The molecule has 2 fully saturated rings. The molecule has 2 nitrogen and oxygen atoms in total.